The van der Waals surface area contributed by atoms with Crippen LogP contribution in [0.1, 0.15) is 51.3 Å². The van der Waals surface area contributed by atoms with Gasteiger partial charge >= 0.3 is 0 Å². The fourth-order valence-corrected chi connectivity index (χ4v) is 4.21. The Labute approximate surface area is 131 Å². The quantitative estimate of drug-likeness (QED) is 0.865. The third-order valence-electron chi connectivity index (χ3n) is 4.89. The molecule has 1 aromatic rings. The van der Waals surface area contributed by atoms with Crippen LogP contribution >= 0.6 is 15.9 Å². The molecule has 1 aliphatic carbocycles. The van der Waals surface area contributed by atoms with E-state index in [0.717, 1.165) is 5.92 Å². The average Bonchev–Trinajstić information content (AvgIpc) is 2.46. The molecule has 110 valence electrons. The summed E-state index contributed by atoms with van der Waals surface area (Å²) in [5, 5.41) is 3.94. The summed E-state index contributed by atoms with van der Waals surface area (Å²) >= 11 is 3.61. The molecule has 0 bridgehead atoms. The van der Waals surface area contributed by atoms with Gasteiger partial charge in [0.25, 0.3) is 0 Å². The molecule has 1 heterocycles. The summed E-state index contributed by atoms with van der Waals surface area (Å²) in [4.78, 5) is 2.63. The standard InChI is InChI=1S/C17H25BrN2/c1-12(2)20-11-14-6-3-4-9-16(14)19-17(20)13-7-5-8-15(18)10-13/h5,7-8,10,12,14,16-17,19H,3-4,6,9,11H2,1-2H3/t14-,16+,17-/m0/s1. The van der Waals surface area contributed by atoms with E-state index in [4.69, 9.17) is 0 Å². The third kappa shape index (κ3) is 2.95. The van der Waals surface area contributed by atoms with Gasteiger partial charge in [0, 0.05) is 23.1 Å². The highest BCUT2D eigenvalue weighted by Gasteiger charge is 2.37. The highest BCUT2D eigenvalue weighted by molar-refractivity contribution is 9.10. The Balaban J connectivity index is 1.86. The van der Waals surface area contributed by atoms with Gasteiger partial charge < -0.3 is 0 Å². The van der Waals surface area contributed by atoms with E-state index in [9.17, 15) is 0 Å². The lowest BCUT2D eigenvalue weighted by atomic mass is 9.81. The fraction of sp³-hybridized carbons (Fsp3) is 0.647. The molecule has 3 rings (SSSR count). The van der Waals surface area contributed by atoms with Crippen molar-refractivity contribution >= 4 is 15.9 Å². The van der Waals surface area contributed by atoms with Crippen molar-refractivity contribution in [3.05, 3.63) is 34.3 Å². The normalized spacial score (nSPS) is 31.3. The second kappa shape index (κ2) is 6.17. The molecule has 3 heteroatoms. The number of hydrogen-bond acceptors (Lipinski definition) is 2. The highest BCUT2D eigenvalue weighted by atomic mass is 79.9. The Bertz CT molecular complexity index is 460. The van der Waals surface area contributed by atoms with Gasteiger partial charge in [-0.2, -0.15) is 0 Å². The molecule has 2 fully saturated rings. The van der Waals surface area contributed by atoms with Crippen LogP contribution in [0.4, 0.5) is 0 Å². The van der Waals surface area contributed by atoms with Crippen molar-refractivity contribution < 1.29 is 0 Å². The number of hydrogen-bond donors (Lipinski definition) is 1. The Morgan fingerprint density at radius 1 is 1.25 bits per heavy atom. The molecule has 0 amide bonds. The maximum Gasteiger partial charge on any atom is 0.0865 e. The maximum atomic E-state index is 3.94. The van der Waals surface area contributed by atoms with Crippen LogP contribution in [0, 0.1) is 5.92 Å². The number of rotatable bonds is 2. The summed E-state index contributed by atoms with van der Waals surface area (Å²) in [5.74, 6) is 0.842. The molecule has 1 aromatic carbocycles. The van der Waals surface area contributed by atoms with Crippen LogP contribution in [0.25, 0.3) is 0 Å². The first-order chi connectivity index (χ1) is 9.65. The van der Waals surface area contributed by atoms with Gasteiger partial charge in [-0.3, -0.25) is 10.2 Å². The summed E-state index contributed by atoms with van der Waals surface area (Å²) in [7, 11) is 0. The van der Waals surface area contributed by atoms with Crippen molar-refractivity contribution in [3.63, 3.8) is 0 Å². The first-order valence-electron chi connectivity index (χ1n) is 7.92. The van der Waals surface area contributed by atoms with Crippen LogP contribution in [-0.4, -0.2) is 23.5 Å². The SMILES string of the molecule is CC(C)N1C[C@@H]2CCCC[C@H]2N[C@@H]1c1cccc(Br)c1. The predicted molar refractivity (Wildman–Crippen MR) is 87.6 cm³/mol. The smallest absolute Gasteiger partial charge is 0.0865 e. The Morgan fingerprint density at radius 2 is 2.05 bits per heavy atom. The Hall–Kier alpha value is -0.380. The lowest BCUT2D eigenvalue weighted by Gasteiger charge is -2.49. The van der Waals surface area contributed by atoms with Crippen molar-refractivity contribution in [1.29, 1.82) is 0 Å². The molecule has 0 radical (unpaired) electrons. The van der Waals surface area contributed by atoms with Crippen molar-refractivity contribution in [1.82, 2.24) is 10.2 Å². The minimum atomic E-state index is 0.367. The summed E-state index contributed by atoms with van der Waals surface area (Å²) in [6, 6.07) is 10.1. The van der Waals surface area contributed by atoms with Gasteiger partial charge in [0.2, 0.25) is 0 Å². The minimum Gasteiger partial charge on any atom is -0.295 e. The second-order valence-electron chi connectivity index (χ2n) is 6.57. The first-order valence-corrected chi connectivity index (χ1v) is 8.71. The zero-order valence-corrected chi connectivity index (χ0v) is 14.1. The fourth-order valence-electron chi connectivity index (χ4n) is 3.79. The molecule has 1 aliphatic heterocycles. The van der Waals surface area contributed by atoms with Crippen molar-refractivity contribution in [2.75, 3.05) is 6.54 Å². The largest absolute Gasteiger partial charge is 0.295 e. The molecule has 2 aliphatic rings. The number of nitrogens with zero attached hydrogens (tertiary/aromatic N) is 1. The average molecular weight is 337 g/mol. The summed E-state index contributed by atoms with van der Waals surface area (Å²) in [5.41, 5.74) is 1.39. The lowest BCUT2D eigenvalue weighted by molar-refractivity contribution is 0.0184. The van der Waals surface area contributed by atoms with E-state index in [1.165, 1.54) is 42.3 Å². The van der Waals surface area contributed by atoms with Crippen molar-refractivity contribution in [2.24, 2.45) is 5.92 Å². The van der Waals surface area contributed by atoms with Gasteiger partial charge in [-0.1, -0.05) is 40.9 Å². The van der Waals surface area contributed by atoms with Gasteiger partial charge in [-0.05, 0) is 50.3 Å². The zero-order chi connectivity index (χ0) is 14.1. The lowest BCUT2D eigenvalue weighted by Crippen LogP contribution is -2.57. The molecule has 3 atom stereocenters. The van der Waals surface area contributed by atoms with Gasteiger partial charge in [0.1, 0.15) is 0 Å². The van der Waals surface area contributed by atoms with E-state index >= 15 is 0 Å². The summed E-state index contributed by atoms with van der Waals surface area (Å²) < 4.78 is 1.17. The molecular formula is C17H25BrN2. The molecule has 1 saturated carbocycles. The number of benzene rings is 1. The molecule has 20 heavy (non-hydrogen) atoms. The van der Waals surface area contributed by atoms with Crippen LogP contribution in [0.3, 0.4) is 0 Å². The number of nitrogens with one attached hydrogen (secondary N) is 1. The molecule has 1 N–H and O–H groups in total. The number of halogens is 1. The summed E-state index contributed by atoms with van der Waals surface area (Å²) in [6.07, 6.45) is 5.91. The van der Waals surface area contributed by atoms with E-state index in [2.05, 4.69) is 64.3 Å². The van der Waals surface area contributed by atoms with Crippen LogP contribution in [-0.2, 0) is 0 Å². The molecule has 0 unspecified atom stereocenters. The van der Waals surface area contributed by atoms with Gasteiger partial charge in [-0.15, -0.1) is 0 Å². The molecule has 0 aromatic heterocycles. The van der Waals surface area contributed by atoms with E-state index < -0.39 is 0 Å². The Kier molecular flexibility index (Phi) is 4.49. The topological polar surface area (TPSA) is 15.3 Å². The number of fused-ring (bicyclic) bond motifs is 1. The highest BCUT2D eigenvalue weighted by Crippen LogP contribution is 2.35. The molecular weight excluding hydrogens is 312 g/mol. The maximum absolute atomic E-state index is 3.94. The van der Waals surface area contributed by atoms with E-state index in [0.29, 0.717) is 18.2 Å². The zero-order valence-electron chi connectivity index (χ0n) is 12.5. The van der Waals surface area contributed by atoms with Crippen molar-refractivity contribution in [2.45, 2.75) is 57.8 Å². The van der Waals surface area contributed by atoms with Gasteiger partial charge in [-0.25, -0.2) is 0 Å². The van der Waals surface area contributed by atoms with Crippen LogP contribution in [0.5, 0.6) is 0 Å². The first kappa shape index (κ1) is 14.6. The van der Waals surface area contributed by atoms with E-state index in [1.807, 2.05) is 0 Å². The van der Waals surface area contributed by atoms with Crippen LogP contribution in [0.15, 0.2) is 28.7 Å². The van der Waals surface area contributed by atoms with Crippen molar-refractivity contribution in [3.8, 4) is 0 Å². The predicted octanol–water partition coefficient (Wildman–Crippen LogP) is 4.32. The van der Waals surface area contributed by atoms with Crippen LogP contribution < -0.4 is 5.32 Å². The third-order valence-corrected chi connectivity index (χ3v) is 5.38. The monoisotopic (exact) mass is 336 g/mol. The van der Waals surface area contributed by atoms with Crippen LogP contribution in [0.2, 0.25) is 0 Å². The second-order valence-corrected chi connectivity index (χ2v) is 7.48. The van der Waals surface area contributed by atoms with Gasteiger partial charge in [0.05, 0.1) is 6.17 Å². The molecule has 0 spiro atoms. The minimum absolute atomic E-state index is 0.367. The molecule has 2 nitrogen and oxygen atoms in total. The van der Waals surface area contributed by atoms with E-state index in [1.54, 1.807) is 0 Å². The summed E-state index contributed by atoms with van der Waals surface area (Å²) in [6.45, 7) is 5.87. The Morgan fingerprint density at radius 3 is 2.80 bits per heavy atom. The van der Waals surface area contributed by atoms with Gasteiger partial charge in [0.15, 0.2) is 0 Å². The van der Waals surface area contributed by atoms with E-state index in [-0.39, 0.29) is 0 Å². The molecule has 1 saturated heterocycles.